The summed E-state index contributed by atoms with van der Waals surface area (Å²) in [7, 11) is -7.46. The highest BCUT2D eigenvalue weighted by molar-refractivity contribution is 7.92. The zero-order chi connectivity index (χ0) is 24.4. The molecule has 174 valence electrons. The first-order chi connectivity index (χ1) is 15.4. The number of amides is 1. The van der Waals surface area contributed by atoms with E-state index in [2.05, 4.69) is 14.8 Å². The van der Waals surface area contributed by atoms with Crippen molar-refractivity contribution < 1.29 is 21.6 Å². The van der Waals surface area contributed by atoms with Crippen molar-refractivity contribution in [3.05, 3.63) is 81.8 Å². The van der Waals surface area contributed by atoms with Crippen molar-refractivity contribution in [3.63, 3.8) is 0 Å². The summed E-state index contributed by atoms with van der Waals surface area (Å²) in [5.74, 6) is -0.482. The molecule has 3 rings (SSSR count). The zero-order valence-electron chi connectivity index (χ0n) is 17.4. The van der Waals surface area contributed by atoms with E-state index in [1.165, 1.54) is 36.4 Å². The Morgan fingerprint density at radius 1 is 0.818 bits per heavy atom. The Labute approximate surface area is 202 Å². The van der Waals surface area contributed by atoms with Crippen LogP contribution in [0.2, 0.25) is 10.0 Å². The summed E-state index contributed by atoms with van der Waals surface area (Å²) in [6.07, 6.45) is 1.02. The Kier molecular flexibility index (Phi) is 7.23. The van der Waals surface area contributed by atoms with Crippen LogP contribution in [0.4, 0.5) is 17.1 Å². The summed E-state index contributed by atoms with van der Waals surface area (Å²) < 4.78 is 53.1. The Morgan fingerprint density at radius 3 is 2.06 bits per heavy atom. The maximum Gasteiger partial charge on any atom is 0.261 e. The zero-order valence-corrected chi connectivity index (χ0v) is 20.5. The second kappa shape index (κ2) is 9.60. The molecule has 0 unspecified atom stereocenters. The van der Waals surface area contributed by atoms with Crippen LogP contribution in [-0.4, -0.2) is 29.0 Å². The highest BCUT2D eigenvalue weighted by Gasteiger charge is 2.18. The molecule has 0 aliphatic rings. The third-order valence-electron chi connectivity index (χ3n) is 4.49. The maximum absolute atomic E-state index is 12.7. The van der Waals surface area contributed by atoms with Crippen LogP contribution in [-0.2, 0) is 20.0 Å². The number of hydrogen-bond donors (Lipinski definition) is 3. The summed E-state index contributed by atoms with van der Waals surface area (Å²) in [5, 5.41) is 2.95. The average Bonchev–Trinajstić information content (AvgIpc) is 2.72. The van der Waals surface area contributed by atoms with Gasteiger partial charge in [0.05, 0.1) is 32.6 Å². The Bertz CT molecular complexity index is 1420. The molecule has 3 aromatic carbocycles. The molecule has 33 heavy (non-hydrogen) atoms. The fourth-order valence-electron chi connectivity index (χ4n) is 2.89. The Morgan fingerprint density at radius 2 is 1.42 bits per heavy atom. The Hall–Kier alpha value is -2.79. The van der Waals surface area contributed by atoms with E-state index in [0.717, 1.165) is 6.26 Å². The first-order valence-corrected chi connectivity index (χ1v) is 13.5. The molecule has 1 amide bonds. The quantitative estimate of drug-likeness (QED) is 0.410. The topological polar surface area (TPSA) is 121 Å². The predicted octanol–water partition coefficient (Wildman–Crippen LogP) is 4.73. The lowest BCUT2D eigenvalue weighted by atomic mass is 10.1. The highest BCUT2D eigenvalue weighted by Crippen LogP contribution is 2.31. The molecule has 0 bridgehead atoms. The number of anilines is 3. The summed E-state index contributed by atoms with van der Waals surface area (Å²) in [5.41, 5.74) is 1.48. The lowest BCUT2D eigenvalue weighted by Crippen LogP contribution is -2.16. The number of nitrogens with one attached hydrogen (secondary N) is 3. The molecule has 0 atom stereocenters. The molecule has 0 fully saturated rings. The third kappa shape index (κ3) is 6.17. The minimum Gasteiger partial charge on any atom is -0.322 e. The van der Waals surface area contributed by atoms with E-state index in [-0.39, 0.29) is 31.9 Å². The van der Waals surface area contributed by atoms with Crippen molar-refractivity contribution in [2.24, 2.45) is 0 Å². The average molecular weight is 528 g/mol. The number of benzene rings is 3. The Balaban J connectivity index is 1.78. The summed E-state index contributed by atoms with van der Waals surface area (Å²) in [4.78, 5) is 12.7. The second-order valence-corrected chi connectivity index (χ2v) is 11.3. The van der Waals surface area contributed by atoms with Gasteiger partial charge in [-0.15, -0.1) is 0 Å². The lowest BCUT2D eigenvalue weighted by molar-refractivity contribution is 0.102. The molecular formula is C21H19Cl2N3O5S2. The van der Waals surface area contributed by atoms with Crippen LogP contribution < -0.4 is 14.8 Å². The largest absolute Gasteiger partial charge is 0.322 e. The molecule has 0 saturated carbocycles. The van der Waals surface area contributed by atoms with Crippen molar-refractivity contribution in [1.29, 1.82) is 0 Å². The maximum atomic E-state index is 12.7. The smallest absolute Gasteiger partial charge is 0.261 e. The van der Waals surface area contributed by atoms with Gasteiger partial charge in [-0.1, -0.05) is 35.3 Å². The van der Waals surface area contributed by atoms with Gasteiger partial charge in [0.15, 0.2) is 0 Å². The fraction of sp³-hybridized carbons (Fsp3) is 0.0952. The number of carbonyl (C=O) groups is 1. The van der Waals surface area contributed by atoms with Gasteiger partial charge in [-0.05, 0) is 61.0 Å². The standard InChI is InChI=1S/C21H19Cl2N3O5S2/c1-13-16(5-3-7-18(13)25-32(2,28)29)21(27)24-14-9-11-15(12-10-14)33(30,31)26-19-8-4-6-17(22)20(19)23/h3-12,25-26H,1-2H3,(H,24,27). The van der Waals surface area contributed by atoms with Gasteiger partial charge >= 0.3 is 0 Å². The SMILES string of the molecule is Cc1c(NS(C)(=O)=O)cccc1C(=O)Nc1ccc(S(=O)(=O)Nc2cccc(Cl)c2Cl)cc1. The van der Waals surface area contributed by atoms with E-state index in [4.69, 9.17) is 23.2 Å². The highest BCUT2D eigenvalue weighted by atomic mass is 35.5. The van der Waals surface area contributed by atoms with E-state index >= 15 is 0 Å². The summed E-state index contributed by atoms with van der Waals surface area (Å²) in [6.45, 7) is 1.62. The fourth-order valence-corrected chi connectivity index (χ4v) is 4.99. The van der Waals surface area contributed by atoms with Crippen molar-refractivity contribution in [3.8, 4) is 0 Å². The van der Waals surface area contributed by atoms with Gasteiger partial charge in [0.1, 0.15) is 0 Å². The van der Waals surface area contributed by atoms with Gasteiger partial charge in [0.2, 0.25) is 10.0 Å². The molecule has 0 spiro atoms. The van der Waals surface area contributed by atoms with Crippen LogP contribution in [0, 0.1) is 6.92 Å². The third-order valence-corrected chi connectivity index (χ3v) is 7.28. The van der Waals surface area contributed by atoms with Crippen molar-refractivity contribution >= 4 is 66.2 Å². The van der Waals surface area contributed by atoms with E-state index in [1.807, 2.05) is 0 Å². The summed E-state index contributed by atoms with van der Waals surface area (Å²) in [6, 6.07) is 14.7. The molecule has 3 N–H and O–H groups in total. The van der Waals surface area contributed by atoms with Gasteiger partial charge in [0, 0.05) is 11.3 Å². The summed E-state index contributed by atoms with van der Waals surface area (Å²) >= 11 is 12.0. The monoisotopic (exact) mass is 527 g/mol. The molecule has 0 radical (unpaired) electrons. The number of carbonyl (C=O) groups excluding carboxylic acids is 1. The van der Waals surface area contributed by atoms with Crippen LogP contribution in [0.15, 0.2) is 65.6 Å². The molecule has 8 nitrogen and oxygen atoms in total. The van der Waals surface area contributed by atoms with Gasteiger partial charge in [-0.25, -0.2) is 16.8 Å². The van der Waals surface area contributed by atoms with Crippen LogP contribution in [0.1, 0.15) is 15.9 Å². The van der Waals surface area contributed by atoms with Gasteiger partial charge in [-0.2, -0.15) is 0 Å². The van der Waals surface area contributed by atoms with Crippen LogP contribution in [0.5, 0.6) is 0 Å². The second-order valence-electron chi connectivity index (χ2n) is 7.04. The molecule has 0 saturated heterocycles. The predicted molar refractivity (Wildman–Crippen MR) is 131 cm³/mol. The minimum atomic E-state index is -3.95. The number of rotatable bonds is 7. The van der Waals surface area contributed by atoms with Crippen molar-refractivity contribution in [1.82, 2.24) is 0 Å². The van der Waals surface area contributed by atoms with Crippen LogP contribution in [0.3, 0.4) is 0 Å². The molecule has 0 heterocycles. The van der Waals surface area contributed by atoms with Crippen LogP contribution in [0.25, 0.3) is 0 Å². The molecule has 3 aromatic rings. The van der Waals surface area contributed by atoms with Crippen LogP contribution >= 0.6 is 23.2 Å². The van der Waals surface area contributed by atoms with E-state index in [0.29, 0.717) is 11.3 Å². The first-order valence-electron chi connectivity index (χ1n) is 9.33. The minimum absolute atomic E-state index is 0.0490. The lowest BCUT2D eigenvalue weighted by Gasteiger charge is -2.13. The van der Waals surface area contributed by atoms with Crippen molar-refractivity contribution in [2.45, 2.75) is 11.8 Å². The van der Waals surface area contributed by atoms with Crippen molar-refractivity contribution in [2.75, 3.05) is 21.0 Å². The van der Waals surface area contributed by atoms with Gasteiger partial charge < -0.3 is 5.32 Å². The van der Waals surface area contributed by atoms with Gasteiger partial charge in [-0.3, -0.25) is 14.2 Å². The number of hydrogen-bond acceptors (Lipinski definition) is 5. The van der Waals surface area contributed by atoms with E-state index < -0.39 is 26.0 Å². The normalized spacial score (nSPS) is 11.6. The molecule has 0 aromatic heterocycles. The molecule has 0 aliphatic carbocycles. The number of sulfonamides is 2. The molecular weight excluding hydrogens is 509 g/mol. The molecule has 12 heteroatoms. The first kappa shape index (κ1) is 24.8. The van der Waals surface area contributed by atoms with E-state index in [1.54, 1.807) is 31.2 Å². The number of halogens is 2. The van der Waals surface area contributed by atoms with Gasteiger partial charge in [0.25, 0.3) is 15.9 Å². The molecule has 0 aliphatic heterocycles. The van der Waals surface area contributed by atoms with E-state index in [9.17, 15) is 21.6 Å².